The summed E-state index contributed by atoms with van der Waals surface area (Å²) in [5.74, 6) is -3.63. The highest BCUT2D eigenvalue weighted by Crippen LogP contribution is 2.24. The van der Waals surface area contributed by atoms with E-state index >= 15 is 0 Å². The van der Waals surface area contributed by atoms with Gasteiger partial charge in [0, 0.05) is 11.6 Å². The van der Waals surface area contributed by atoms with Gasteiger partial charge in [-0.05, 0) is 23.8 Å². The summed E-state index contributed by atoms with van der Waals surface area (Å²) in [6.07, 6.45) is 0. The average Bonchev–Trinajstić information content (AvgIpc) is 2.32. The van der Waals surface area contributed by atoms with Crippen LogP contribution in [0.4, 0.5) is 17.6 Å². The van der Waals surface area contributed by atoms with Gasteiger partial charge in [0.05, 0.1) is 6.04 Å². The Hall–Kier alpha value is -1.88. The highest BCUT2D eigenvalue weighted by Gasteiger charge is 2.15. The molecule has 0 aliphatic carbocycles. The van der Waals surface area contributed by atoms with Gasteiger partial charge in [-0.3, -0.25) is 0 Å². The van der Waals surface area contributed by atoms with Crippen LogP contribution in [-0.2, 0) is 0 Å². The summed E-state index contributed by atoms with van der Waals surface area (Å²) in [4.78, 5) is 0. The second-order valence-corrected chi connectivity index (χ2v) is 3.82. The van der Waals surface area contributed by atoms with Crippen molar-refractivity contribution >= 4 is 0 Å². The summed E-state index contributed by atoms with van der Waals surface area (Å²) in [6.45, 7) is 0. The molecule has 0 aromatic heterocycles. The predicted octanol–water partition coefficient (Wildman–Crippen LogP) is 3.29. The van der Waals surface area contributed by atoms with E-state index in [-0.39, 0.29) is 11.1 Å². The Balaban J connectivity index is 2.41. The summed E-state index contributed by atoms with van der Waals surface area (Å²) in [5.41, 5.74) is 5.96. The quantitative estimate of drug-likeness (QED) is 0.819. The zero-order valence-corrected chi connectivity index (χ0v) is 9.13. The van der Waals surface area contributed by atoms with Crippen molar-refractivity contribution in [3.63, 3.8) is 0 Å². The largest absolute Gasteiger partial charge is 0.320 e. The van der Waals surface area contributed by atoms with E-state index in [4.69, 9.17) is 5.73 Å². The van der Waals surface area contributed by atoms with Gasteiger partial charge < -0.3 is 5.73 Å². The van der Waals surface area contributed by atoms with Gasteiger partial charge in [0.1, 0.15) is 11.6 Å². The Bertz CT molecular complexity index is 583. The molecule has 5 heteroatoms. The van der Waals surface area contributed by atoms with Gasteiger partial charge in [0.15, 0.2) is 11.6 Å². The molecule has 1 atom stereocenters. The van der Waals surface area contributed by atoms with E-state index < -0.39 is 29.3 Å². The lowest BCUT2D eigenvalue weighted by Crippen LogP contribution is -2.14. The molecule has 1 nitrogen and oxygen atoms in total. The number of nitrogens with two attached hydrogens (primary N) is 1. The molecule has 0 amide bonds. The third-order valence-electron chi connectivity index (χ3n) is 2.60. The normalized spacial score (nSPS) is 12.5. The second-order valence-electron chi connectivity index (χ2n) is 3.82. The van der Waals surface area contributed by atoms with Crippen LogP contribution in [0.3, 0.4) is 0 Å². The molecule has 0 spiro atoms. The van der Waals surface area contributed by atoms with E-state index in [9.17, 15) is 17.6 Å². The fraction of sp³-hybridized carbons (Fsp3) is 0.0769. The van der Waals surface area contributed by atoms with Crippen molar-refractivity contribution in [3.8, 4) is 0 Å². The van der Waals surface area contributed by atoms with Gasteiger partial charge >= 0.3 is 0 Å². The fourth-order valence-corrected chi connectivity index (χ4v) is 1.64. The van der Waals surface area contributed by atoms with E-state index in [1.165, 1.54) is 12.1 Å². The SMILES string of the molecule is NC(c1ccc(F)c(F)c1)c1ccc(F)cc1F. The fourth-order valence-electron chi connectivity index (χ4n) is 1.64. The summed E-state index contributed by atoms with van der Waals surface area (Å²) in [5, 5.41) is 0. The van der Waals surface area contributed by atoms with Crippen LogP contribution >= 0.6 is 0 Å². The number of rotatable bonds is 2. The first kappa shape index (κ1) is 12.6. The Morgan fingerprint density at radius 1 is 0.778 bits per heavy atom. The van der Waals surface area contributed by atoms with E-state index in [0.717, 1.165) is 18.2 Å². The Morgan fingerprint density at radius 3 is 2.11 bits per heavy atom. The maximum absolute atomic E-state index is 13.5. The molecular weight excluding hydrogens is 246 g/mol. The molecular formula is C13H9F4N. The van der Waals surface area contributed by atoms with Crippen LogP contribution in [0.2, 0.25) is 0 Å². The van der Waals surface area contributed by atoms with Crippen molar-refractivity contribution in [1.82, 2.24) is 0 Å². The number of halogens is 4. The lowest BCUT2D eigenvalue weighted by molar-refractivity contribution is 0.505. The number of benzene rings is 2. The van der Waals surface area contributed by atoms with Crippen LogP contribution in [0.5, 0.6) is 0 Å². The zero-order chi connectivity index (χ0) is 13.3. The van der Waals surface area contributed by atoms with Crippen LogP contribution < -0.4 is 5.73 Å². The first-order valence-electron chi connectivity index (χ1n) is 5.14. The standard InChI is InChI=1S/C13H9F4N/c14-8-2-3-9(11(16)6-8)13(18)7-1-4-10(15)12(17)5-7/h1-6,13H,18H2. The zero-order valence-electron chi connectivity index (χ0n) is 9.13. The number of hydrogen-bond acceptors (Lipinski definition) is 1. The van der Waals surface area contributed by atoms with E-state index in [0.29, 0.717) is 6.07 Å². The maximum atomic E-state index is 13.5. The van der Waals surface area contributed by atoms with Gasteiger partial charge in [-0.25, -0.2) is 17.6 Å². The average molecular weight is 255 g/mol. The maximum Gasteiger partial charge on any atom is 0.159 e. The van der Waals surface area contributed by atoms with Crippen molar-refractivity contribution in [2.45, 2.75) is 6.04 Å². The summed E-state index contributed by atoms with van der Waals surface area (Å²) >= 11 is 0. The molecule has 94 valence electrons. The molecule has 18 heavy (non-hydrogen) atoms. The van der Waals surface area contributed by atoms with E-state index in [2.05, 4.69) is 0 Å². The van der Waals surface area contributed by atoms with Gasteiger partial charge in [-0.2, -0.15) is 0 Å². The molecule has 2 N–H and O–H groups in total. The van der Waals surface area contributed by atoms with E-state index in [1.54, 1.807) is 0 Å². The minimum Gasteiger partial charge on any atom is -0.320 e. The third-order valence-corrected chi connectivity index (χ3v) is 2.60. The minimum atomic E-state index is -1.06. The van der Waals surface area contributed by atoms with Crippen molar-refractivity contribution < 1.29 is 17.6 Å². The molecule has 0 aliphatic heterocycles. The number of hydrogen-bond donors (Lipinski definition) is 1. The minimum absolute atomic E-state index is 0.0161. The van der Waals surface area contributed by atoms with Crippen LogP contribution in [-0.4, -0.2) is 0 Å². The molecule has 2 rings (SSSR count). The van der Waals surface area contributed by atoms with Gasteiger partial charge in [0.2, 0.25) is 0 Å². The van der Waals surface area contributed by atoms with Crippen molar-refractivity contribution in [1.29, 1.82) is 0 Å². The lowest BCUT2D eigenvalue weighted by Gasteiger charge is -2.13. The second kappa shape index (κ2) is 4.78. The molecule has 2 aromatic rings. The molecule has 2 aromatic carbocycles. The lowest BCUT2D eigenvalue weighted by atomic mass is 9.99. The molecule has 0 fully saturated rings. The van der Waals surface area contributed by atoms with Crippen LogP contribution in [0.25, 0.3) is 0 Å². The van der Waals surface area contributed by atoms with E-state index in [1.807, 2.05) is 0 Å². The molecule has 0 bridgehead atoms. The third kappa shape index (κ3) is 2.36. The Labute approximate surface area is 101 Å². The molecule has 0 radical (unpaired) electrons. The van der Waals surface area contributed by atoms with Crippen LogP contribution in [0.15, 0.2) is 36.4 Å². The molecule has 0 aliphatic rings. The summed E-state index contributed by atoms with van der Waals surface area (Å²) in [7, 11) is 0. The van der Waals surface area contributed by atoms with Crippen molar-refractivity contribution in [2.75, 3.05) is 0 Å². The first-order valence-corrected chi connectivity index (χ1v) is 5.14. The molecule has 0 saturated carbocycles. The van der Waals surface area contributed by atoms with Gasteiger partial charge in [-0.15, -0.1) is 0 Å². The smallest absolute Gasteiger partial charge is 0.159 e. The topological polar surface area (TPSA) is 26.0 Å². The molecule has 0 saturated heterocycles. The molecule has 1 unspecified atom stereocenters. The van der Waals surface area contributed by atoms with Crippen LogP contribution in [0, 0.1) is 23.3 Å². The summed E-state index contributed by atoms with van der Waals surface area (Å²) < 4.78 is 52.0. The first-order chi connectivity index (χ1) is 8.49. The highest BCUT2D eigenvalue weighted by atomic mass is 19.2. The molecule has 0 heterocycles. The highest BCUT2D eigenvalue weighted by molar-refractivity contribution is 5.33. The van der Waals surface area contributed by atoms with Crippen LogP contribution in [0.1, 0.15) is 17.2 Å². The van der Waals surface area contributed by atoms with Gasteiger partial charge in [0.25, 0.3) is 0 Å². The summed E-state index contributed by atoms with van der Waals surface area (Å²) in [6, 6.07) is 4.99. The van der Waals surface area contributed by atoms with Crippen molar-refractivity contribution in [2.24, 2.45) is 5.73 Å². The Kier molecular flexibility index (Phi) is 3.34. The van der Waals surface area contributed by atoms with Gasteiger partial charge in [-0.1, -0.05) is 12.1 Å². The Morgan fingerprint density at radius 2 is 1.50 bits per heavy atom. The predicted molar refractivity (Wildman–Crippen MR) is 58.7 cm³/mol. The van der Waals surface area contributed by atoms with Crippen molar-refractivity contribution in [3.05, 3.63) is 70.8 Å². The monoisotopic (exact) mass is 255 g/mol.